The van der Waals surface area contributed by atoms with Crippen LogP contribution in [0.25, 0.3) is 10.9 Å². The van der Waals surface area contributed by atoms with E-state index in [1.54, 1.807) is 0 Å². The summed E-state index contributed by atoms with van der Waals surface area (Å²) < 4.78 is 79.7. The minimum Gasteiger partial charge on any atom is -0.344 e. The predicted molar refractivity (Wildman–Crippen MR) is 99.9 cm³/mol. The molecule has 3 heterocycles. The number of aryl methyl sites for hydroxylation is 2. The fraction of sp³-hybridized carbons (Fsp3) is 0.381. The molecule has 0 amide bonds. The topological polar surface area (TPSA) is 21.1 Å². The van der Waals surface area contributed by atoms with Crippen molar-refractivity contribution in [1.82, 2.24) is 14.5 Å². The quantitative estimate of drug-likeness (QED) is 0.529. The molecule has 2 aromatic heterocycles. The molecule has 1 aliphatic rings. The van der Waals surface area contributed by atoms with Crippen LogP contribution in [0.2, 0.25) is 0 Å². The van der Waals surface area contributed by atoms with Crippen LogP contribution in [0.1, 0.15) is 28.1 Å². The van der Waals surface area contributed by atoms with E-state index in [1.165, 1.54) is 24.4 Å². The molecule has 160 valence electrons. The average Bonchev–Trinajstić information content (AvgIpc) is 2.97. The van der Waals surface area contributed by atoms with Crippen molar-refractivity contribution in [3.8, 4) is 0 Å². The Hall–Kier alpha value is -2.55. The van der Waals surface area contributed by atoms with Crippen LogP contribution >= 0.6 is 0 Å². The van der Waals surface area contributed by atoms with Gasteiger partial charge in [0, 0.05) is 48.8 Å². The molecule has 0 radical (unpaired) electrons. The van der Waals surface area contributed by atoms with E-state index in [0.717, 1.165) is 29.9 Å². The minimum absolute atomic E-state index is 0.429. The van der Waals surface area contributed by atoms with Crippen molar-refractivity contribution < 1.29 is 26.3 Å². The van der Waals surface area contributed by atoms with Crippen LogP contribution < -0.4 is 0 Å². The lowest BCUT2D eigenvalue weighted by atomic mass is 10.0. The summed E-state index contributed by atoms with van der Waals surface area (Å²) in [5.74, 6) is 0. The molecule has 4 rings (SSSR count). The zero-order valence-corrected chi connectivity index (χ0v) is 16.1. The van der Waals surface area contributed by atoms with Gasteiger partial charge in [-0.05, 0) is 48.9 Å². The number of alkyl halides is 6. The molecule has 0 bridgehead atoms. The zero-order chi connectivity index (χ0) is 21.7. The van der Waals surface area contributed by atoms with Gasteiger partial charge in [-0.25, -0.2) is 0 Å². The van der Waals surface area contributed by atoms with Crippen molar-refractivity contribution in [2.75, 3.05) is 13.6 Å². The second kappa shape index (κ2) is 7.30. The molecule has 0 saturated carbocycles. The zero-order valence-electron chi connectivity index (χ0n) is 16.1. The standard InChI is InChI=1S/C21H19F6N3/c1-29-8-7-18-16(12-29)15-10-14(20(22,23)24)3-4-17(15)30(18)9-6-13-2-5-19(28-11-13)21(25,26)27/h2-5,10-11H,6-9,12H2,1H3. The highest BCUT2D eigenvalue weighted by atomic mass is 19.4. The van der Waals surface area contributed by atoms with Gasteiger partial charge in [-0.15, -0.1) is 0 Å². The monoisotopic (exact) mass is 427 g/mol. The normalized spacial score (nSPS) is 15.6. The smallest absolute Gasteiger partial charge is 0.344 e. The lowest BCUT2D eigenvalue weighted by molar-refractivity contribution is -0.141. The third-order valence-electron chi connectivity index (χ3n) is 5.51. The van der Waals surface area contributed by atoms with Gasteiger partial charge in [-0.3, -0.25) is 4.98 Å². The maximum atomic E-state index is 13.2. The fourth-order valence-electron chi connectivity index (χ4n) is 4.00. The number of pyridine rings is 1. The number of hydrogen-bond donors (Lipinski definition) is 0. The number of nitrogens with zero attached hydrogens (tertiary/aromatic N) is 3. The Morgan fingerprint density at radius 3 is 2.40 bits per heavy atom. The molecule has 9 heteroatoms. The van der Waals surface area contributed by atoms with Crippen molar-refractivity contribution in [2.45, 2.75) is 38.3 Å². The van der Waals surface area contributed by atoms with Gasteiger partial charge in [0.15, 0.2) is 0 Å². The molecule has 30 heavy (non-hydrogen) atoms. The molecule has 0 saturated heterocycles. The Balaban J connectivity index is 1.68. The summed E-state index contributed by atoms with van der Waals surface area (Å²) in [5.41, 5.74) is 1.59. The molecule has 1 aromatic carbocycles. The van der Waals surface area contributed by atoms with E-state index in [2.05, 4.69) is 9.88 Å². The molecular weight excluding hydrogens is 408 g/mol. The van der Waals surface area contributed by atoms with E-state index in [1.807, 2.05) is 11.6 Å². The van der Waals surface area contributed by atoms with E-state index >= 15 is 0 Å². The van der Waals surface area contributed by atoms with E-state index in [9.17, 15) is 26.3 Å². The van der Waals surface area contributed by atoms with Gasteiger partial charge in [-0.1, -0.05) is 6.07 Å². The van der Waals surface area contributed by atoms with Crippen LogP contribution in [0.5, 0.6) is 0 Å². The number of fused-ring (bicyclic) bond motifs is 3. The van der Waals surface area contributed by atoms with Gasteiger partial charge in [0.2, 0.25) is 0 Å². The molecule has 0 N–H and O–H groups in total. The number of benzene rings is 1. The molecule has 0 aliphatic carbocycles. The van der Waals surface area contributed by atoms with Gasteiger partial charge in [0.05, 0.1) is 5.56 Å². The largest absolute Gasteiger partial charge is 0.433 e. The van der Waals surface area contributed by atoms with Crippen molar-refractivity contribution in [3.05, 3.63) is 64.6 Å². The molecule has 3 aromatic rings. The van der Waals surface area contributed by atoms with Crippen molar-refractivity contribution in [3.63, 3.8) is 0 Å². The van der Waals surface area contributed by atoms with E-state index in [-0.39, 0.29) is 0 Å². The fourth-order valence-corrected chi connectivity index (χ4v) is 4.00. The predicted octanol–water partition coefficient (Wildman–Crippen LogP) is 5.30. The third-order valence-corrected chi connectivity index (χ3v) is 5.51. The number of hydrogen-bond acceptors (Lipinski definition) is 2. The van der Waals surface area contributed by atoms with Crippen LogP contribution in [0.4, 0.5) is 26.3 Å². The molecule has 1 aliphatic heterocycles. The van der Waals surface area contributed by atoms with Crippen LogP contribution in [-0.4, -0.2) is 28.0 Å². The second-order valence-corrected chi connectivity index (χ2v) is 7.59. The lowest BCUT2D eigenvalue weighted by Gasteiger charge is -2.24. The van der Waals surface area contributed by atoms with Crippen LogP contribution in [0, 0.1) is 0 Å². The van der Waals surface area contributed by atoms with Gasteiger partial charge in [0.25, 0.3) is 0 Å². The van der Waals surface area contributed by atoms with Crippen LogP contribution in [-0.2, 0) is 38.3 Å². The van der Waals surface area contributed by atoms with Crippen LogP contribution in [0.3, 0.4) is 0 Å². The first kappa shape index (κ1) is 20.7. The Labute approximate surface area is 168 Å². The Kier molecular flexibility index (Phi) is 5.04. The molecule has 0 unspecified atom stereocenters. The SMILES string of the molecule is CN1CCc2c(c3cc(C(F)(F)F)ccc3n2CCc2ccc(C(F)(F)F)nc2)C1. The van der Waals surface area contributed by atoms with E-state index < -0.39 is 23.6 Å². The summed E-state index contributed by atoms with van der Waals surface area (Å²) >= 11 is 0. The first-order valence-electron chi connectivity index (χ1n) is 9.46. The van der Waals surface area contributed by atoms with Crippen molar-refractivity contribution in [1.29, 1.82) is 0 Å². The van der Waals surface area contributed by atoms with Gasteiger partial charge in [-0.2, -0.15) is 26.3 Å². The maximum Gasteiger partial charge on any atom is 0.433 e. The van der Waals surface area contributed by atoms with Crippen molar-refractivity contribution >= 4 is 10.9 Å². The summed E-state index contributed by atoms with van der Waals surface area (Å²) in [6.07, 6.45) is -6.58. The van der Waals surface area contributed by atoms with Gasteiger partial charge >= 0.3 is 12.4 Å². The highest BCUT2D eigenvalue weighted by Gasteiger charge is 2.33. The first-order chi connectivity index (χ1) is 14.0. The summed E-state index contributed by atoms with van der Waals surface area (Å²) in [6.45, 7) is 1.80. The number of halogens is 6. The average molecular weight is 427 g/mol. The Bertz CT molecular complexity index is 1060. The summed E-state index contributed by atoms with van der Waals surface area (Å²) in [5, 5.41) is 0.580. The molecule has 0 spiro atoms. The Morgan fingerprint density at radius 2 is 1.77 bits per heavy atom. The van der Waals surface area contributed by atoms with Crippen LogP contribution in [0.15, 0.2) is 36.5 Å². The molecular formula is C21H19F6N3. The summed E-state index contributed by atoms with van der Waals surface area (Å²) in [7, 11) is 1.92. The third kappa shape index (κ3) is 3.90. The first-order valence-corrected chi connectivity index (χ1v) is 9.46. The van der Waals surface area contributed by atoms with Gasteiger partial charge < -0.3 is 9.47 Å². The lowest BCUT2D eigenvalue weighted by Crippen LogP contribution is -2.27. The number of likely N-dealkylation sites (N-methyl/N-ethyl adjacent to an activating group) is 1. The van der Waals surface area contributed by atoms with Gasteiger partial charge in [0.1, 0.15) is 5.69 Å². The summed E-state index contributed by atoms with van der Waals surface area (Å²) in [4.78, 5) is 5.54. The molecule has 3 nitrogen and oxygen atoms in total. The second-order valence-electron chi connectivity index (χ2n) is 7.59. The molecule has 0 atom stereocenters. The Morgan fingerprint density at radius 1 is 1.00 bits per heavy atom. The molecule has 0 fully saturated rings. The van der Waals surface area contributed by atoms with E-state index in [0.29, 0.717) is 42.4 Å². The number of rotatable bonds is 3. The minimum atomic E-state index is -4.49. The van der Waals surface area contributed by atoms with E-state index in [4.69, 9.17) is 0 Å². The maximum absolute atomic E-state index is 13.2. The summed E-state index contributed by atoms with van der Waals surface area (Å²) in [6, 6.07) is 6.10. The van der Waals surface area contributed by atoms with Crippen molar-refractivity contribution in [2.24, 2.45) is 0 Å². The highest BCUT2D eigenvalue weighted by Crippen LogP contribution is 2.36. The highest BCUT2D eigenvalue weighted by molar-refractivity contribution is 5.86. The number of aromatic nitrogens is 2.